The van der Waals surface area contributed by atoms with Crippen LogP contribution in [0.1, 0.15) is 17.2 Å². The molecular formula is C13H8Cl2F2O. The molecule has 0 aliphatic carbocycles. The molecule has 0 radical (unpaired) electrons. The maximum absolute atomic E-state index is 13.5. The molecule has 94 valence electrons. The summed E-state index contributed by atoms with van der Waals surface area (Å²) in [7, 11) is 0. The standard InChI is InChI=1S/C13H8Cl2F2O/c14-8-3-7(4-9(15)5-8)13(18)11-2-1-10(16)6-12(11)17/h1-6,13,18H. The molecule has 2 rings (SSSR count). The van der Waals surface area contributed by atoms with E-state index in [1.807, 2.05) is 0 Å². The molecule has 1 N–H and O–H groups in total. The number of benzene rings is 2. The maximum Gasteiger partial charge on any atom is 0.132 e. The van der Waals surface area contributed by atoms with Crippen LogP contribution in [0.2, 0.25) is 10.0 Å². The average Bonchev–Trinajstić information content (AvgIpc) is 2.26. The summed E-state index contributed by atoms with van der Waals surface area (Å²) in [6.45, 7) is 0. The molecule has 2 aromatic rings. The van der Waals surface area contributed by atoms with Gasteiger partial charge in [-0.25, -0.2) is 8.78 Å². The second-order valence-corrected chi connectivity index (χ2v) is 4.64. The number of halogens is 4. The largest absolute Gasteiger partial charge is 0.384 e. The zero-order chi connectivity index (χ0) is 13.3. The summed E-state index contributed by atoms with van der Waals surface area (Å²) in [5.74, 6) is -1.52. The van der Waals surface area contributed by atoms with Crippen LogP contribution in [-0.4, -0.2) is 5.11 Å². The van der Waals surface area contributed by atoms with Gasteiger partial charge in [0.15, 0.2) is 0 Å². The third-order valence-electron chi connectivity index (χ3n) is 2.46. The smallest absolute Gasteiger partial charge is 0.132 e. The van der Waals surface area contributed by atoms with E-state index in [1.165, 1.54) is 24.3 Å². The van der Waals surface area contributed by atoms with Crippen LogP contribution in [0.15, 0.2) is 36.4 Å². The van der Waals surface area contributed by atoms with Crippen LogP contribution in [0.5, 0.6) is 0 Å². The third-order valence-corrected chi connectivity index (χ3v) is 2.89. The van der Waals surface area contributed by atoms with Gasteiger partial charge in [-0.3, -0.25) is 0 Å². The molecule has 0 saturated heterocycles. The van der Waals surface area contributed by atoms with E-state index in [4.69, 9.17) is 23.2 Å². The lowest BCUT2D eigenvalue weighted by Crippen LogP contribution is -2.03. The Morgan fingerprint density at radius 1 is 0.944 bits per heavy atom. The molecule has 0 aromatic heterocycles. The Morgan fingerprint density at radius 2 is 1.56 bits per heavy atom. The van der Waals surface area contributed by atoms with E-state index >= 15 is 0 Å². The van der Waals surface area contributed by atoms with Crippen LogP contribution in [0.4, 0.5) is 8.78 Å². The number of aliphatic hydroxyl groups excluding tert-OH is 1. The van der Waals surface area contributed by atoms with Crippen molar-refractivity contribution in [2.75, 3.05) is 0 Å². The predicted molar refractivity (Wildman–Crippen MR) is 66.9 cm³/mol. The molecule has 0 fully saturated rings. The van der Waals surface area contributed by atoms with Gasteiger partial charge in [0, 0.05) is 21.7 Å². The van der Waals surface area contributed by atoms with Crippen LogP contribution < -0.4 is 0 Å². The fourth-order valence-electron chi connectivity index (χ4n) is 1.64. The van der Waals surface area contributed by atoms with Crippen LogP contribution >= 0.6 is 23.2 Å². The van der Waals surface area contributed by atoms with Crippen molar-refractivity contribution in [2.45, 2.75) is 6.10 Å². The lowest BCUT2D eigenvalue weighted by Gasteiger charge is -2.13. The summed E-state index contributed by atoms with van der Waals surface area (Å²) in [5, 5.41) is 10.7. The van der Waals surface area contributed by atoms with Gasteiger partial charge in [0.1, 0.15) is 17.7 Å². The summed E-state index contributed by atoms with van der Waals surface area (Å²) in [6, 6.07) is 7.42. The van der Waals surface area contributed by atoms with Crippen molar-refractivity contribution in [3.8, 4) is 0 Å². The molecule has 0 saturated carbocycles. The molecule has 0 aliphatic heterocycles. The van der Waals surface area contributed by atoms with Crippen molar-refractivity contribution in [3.05, 3.63) is 69.2 Å². The van der Waals surface area contributed by atoms with Crippen molar-refractivity contribution < 1.29 is 13.9 Å². The summed E-state index contributed by atoms with van der Waals surface area (Å²) >= 11 is 11.6. The van der Waals surface area contributed by atoms with Crippen molar-refractivity contribution in [1.29, 1.82) is 0 Å². The molecule has 0 bridgehead atoms. The monoisotopic (exact) mass is 288 g/mol. The molecule has 2 aromatic carbocycles. The molecule has 0 spiro atoms. The van der Waals surface area contributed by atoms with E-state index < -0.39 is 17.7 Å². The van der Waals surface area contributed by atoms with E-state index in [9.17, 15) is 13.9 Å². The summed E-state index contributed by atoms with van der Waals surface area (Å²) < 4.78 is 26.3. The maximum atomic E-state index is 13.5. The molecule has 0 aliphatic rings. The Balaban J connectivity index is 2.44. The van der Waals surface area contributed by atoms with Gasteiger partial charge in [0.25, 0.3) is 0 Å². The number of hydrogen-bond acceptors (Lipinski definition) is 1. The van der Waals surface area contributed by atoms with Gasteiger partial charge in [-0.15, -0.1) is 0 Å². The van der Waals surface area contributed by atoms with Gasteiger partial charge in [-0.1, -0.05) is 29.3 Å². The summed E-state index contributed by atoms with van der Waals surface area (Å²) in [6.07, 6.45) is -1.25. The first kappa shape index (κ1) is 13.3. The van der Waals surface area contributed by atoms with Gasteiger partial charge in [-0.2, -0.15) is 0 Å². The highest BCUT2D eigenvalue weighted by Crippen LogP contribution is 2.29. The zero-order valence-corrected chi connectivity index (χ0v) is 10.5. The Hall–Kier alpha value is -1.16. The Labute approximate surface area is 113 Å². The Morgan fingerprint density at radius 3 is 2.11 bits per heavy atom. The highest BCUT2D eigenvalue weighted by Gasteiger charge is 2.16. The molecule has 1 atom stereocenters. The first-order valence-corrected chi connectivity index (χ1v) is 5.82. The minimum Gasteiger partial charge on any atom is -0.384 e. The number of aliphatic hydroxyl groups is 1. The van der Waals surface area contributed by atoms with Gasteiger partial charge in [0.2, 0.25) is 0 Å². The second kappa shape index (κ2) is 5.22. The van der Waals surface area contributed by atoms with E-state index in [2.05, 4.69) is 0 Å². The Bertz CT molecular complexity index is 567. The van der Waals surface area contributed by atoms with Gasteiger partial charge < -0.3 is 5.11 Å². The SMILES string of the molecule is OC(c1cc(Cl)cc(Cl)c1)c1ccc(F)cc1F. The van der Waals surface area contributed by atoms with Gasteiger partial charge in [-0.05, 0) is 29.8 Å². The fraction of sp³-hybridized carbons (Fsp3) is 0.0769. The lowest BCUT2D eigenvalue weighted by molar-refractivity contribution is 0.214. The van der Waals surface area contributed by atoms with E-state index in [1.54, 1.807) is 0 Å². The molecule has 1 unspecified atom stereocenters. The predicted octanol–water partition coefficient (Wildman–Crippen LogP) is 4.35. The fourth-order valence-corrected chi connectivity index (χ4v) is 2.18. The lowest BCUT2D eigenvalue weighted by atomic mass is 10.0. The van der Waals surface area contributed by atoms with Crippen molar-refractivity contribution >= 4 is 23.2 Å². The zero-order valence-electron chi connectivity index (χ0n) is 9.00. The molecule has 18 heavy (non-hydrogen) atoms. The van der Waals surface area contributed by atoms with Gasteiger partial charge in [0.05, 0.1) is 0 Å². The summed E-state index contributed by atoms with van der Waals surface area (Å²) in [5.41, 5.74) is 0.313. The number of hydrogen-bond donors (Lipinski definition) is 1. The normalized spacial score (nSPS) is 12.5. The molecule has 5 heteroatoms. The first-order valence-electron chi connectivity index (χ1n) is 5.06. The van der Waals surface area contributed by atoms with E-state index in [0.717, 1.165) is 6.07 Å². The minimum atomic E-state index is -1.25. The summed E-state index contributed by atoms with van der Waals surface area (Å²) in [4.78, 5) is 0. The van der Waals surface area contributed by atoms with Gasteiger partial charge >= 0.3 is 0 Å². The first-order chi connectivity index (χ1) is 8.47. The third kappa shape index (κ3) is 2.80. The van der Waals surface area contributed by atoms with Crippen LogP contribution in [0.25, 0.3) is 0 Å². The van der Waals surface area contributed by atoms with E-state index in [-0.39, 0.29) is 5.56 Å². The quantitative estimate of drug-likeness (QED) is 0.871. The Kier molecular flexibility index (Phi) is 3.85. The second-order valence-electron chi connectivity index (χ2n) is 3.77. The molecular weight excluding hydrogens is 281 g/mol. The highest BCUT2D eigenvalue weighted by atomic mass is 35.5. The van der Waals surface area contributed by atoms with Crippen LogP contribution in [-0.2, 0) is 0 Å². The minimum absolute atomic E-state index is 0.0327. The van der Waals surface area contributed by atoms with Crippen LogP contribution in [0.3, 0.4) is 0 Å². The molecule has 0 heterocycles. The average molecular weight is 289 g/mol. The molecule has 1 nitrogen and oxygen atoms in total. The van der Waals surface area contributed by atoms with Crippen LogP contribution in [0, 0.1) is 11.6 Å². The number of rotatable bonds is 2. The van der Waals surface area contributed by atoms with E-state index in [0.29, 0.717) is 21.7 Å². The van der Waals surface area contributed by atoms with Crippen molar-refractivity contribution in [1.82, 2.24) is 0 Å². The van der Waals surface area contributed by atoms with Crippen molar-refractivity contribution in [3.63, 3.8) is 0 Å². The van der Waals surface area contributed by atoms with Crippen molar-refractivity contribution in [2.24, 2.45) is 0 Å². The topological polar surface area (TPSA) is 20.2 Å². The highest BCUT2D eigenvalue weighted by molar-refractivity contribution is 6.34. The molecule has 0 amide bonds.